The predicted molar refractivity (Wildman–Crippen MR) is 165 cm³/mol. The maximum absolute atomic E-state index is 13.7. The summed E-state index contributed by atoms with van der Waals surface area (Å²) in [5.74, 6) is -0.649. The minimum atomic E-state index is -3.91. The van der Waals surface area contributed by atoms with Gasteiger partial charge in [0.05, 0.1) is 24.2 Å². The molecule has 0 aliphatic carbocycles. The van der Waals surface area contributed by atoms with Crippen LogP contribution in [0.25, 0.3) is 6.08 Å². The molecule has 1 aliphatic heterocycles. The highest BCUT2D eigenvalue weighted by atomic mass is 35.5. The molecular weight excluding hydrogens is 611 g/mol. The number of ketones is 1. The van der Waals surface area contributed by atoms with Crippen LogP contribution in [0.2, 0.25) is 10.0 Å². The number of benzene rings is 3. The van der Waals surface area contributed by atoms with Crippen molar-refractivity contribution in [1.29, 1.82) is 0 Å². The maximum atomic E-state index is 13.7. The summed E-state index contributed by atoms with van der Waals surface area (Å²) in [6.45, 7) is 1.64. The number of allylic oxidation sites excluding steroid dienone is 2. The average molecular weight is 638 g/mol. The molecular formula is C32H26Cl2N2O6S. The smallest absolute Gasteiger partial charge is 0.343 e. The average Bonchev–Trinajstić information content (AvgIpc) is 3.55. The number of methoxy groups -OCH3 is 1. The Hall–Kier alpha value is -4.15. The number of esters is 1. The van der Waals surface area contributed by atoms with E-state index in [0.717, 1.165) is 5.56 Å². The lowest BCUT2D eigenvalue weighted by Crippen LogP contribution is -2.30. The quantitative estimate of drug-likeness (QED) is 0.112. The molecule has 0 radical (unpaired) electrons. The van der Waals surface area contributed by atoms with Gasteiger partial charge in [0.25, 0.3) is 0 Å². The fraction of sp³-hybridized carbons (Fsp3) is 0.125. The summed E-state index contributed by atoms with van der Waals surface area (Å²) >= 11 is 12.1. The van der Waals surface area contributed by atoms with Crippen LogP contribution in [0.5, 0.6) is 0 Å². The number of Topliss-reactive ketones (excluding diaryl/α,β-unsaturated/α-hetero) is 1. The molecule has 1 aliphatic rings. The second kappa shape index (κ2) is 12.6. The van der Waals surface area contributed by atoms with Gasteiger partial charge < -0.3 is 14.1 Å². The van der Waals surface area contributed by atoms with Crippen molar-refractivity contribution in [2.24, 2.45) is 0 Å². The van der Waals surface area contributed by atoms with E-state index >= 15 is 0 Å². The Morgan fingerprint density at radius 1 is 0.907 bits per heavy atom. The highest BCUT2D eigenvalue weighted by molar-refractivity contribution is 7.89. The molecule has 1 aromatic heterocycles. The Balaban J connectivity index is 1.49. The largest absolute Gasteiger partial charge is 0.465 e. The maximum Gasteiger partial charge on any atom is 0.343 e. The summed E-state index contributed by atoms with van der Waals surface area (Å²) in [5, 5.41) is 1.05. The van der Waals surface area contributed by atoms with Crippen molar-refractivity contribution >= 4 is 56.7 Å². The number of hydrogen-bond acceptors (Lipinski definition) is 7. The molecule has 0 spiro atoms. The molecule has 43 heavy (non-hydrogen) atoms. The number of ether oxygens (including phenoxy) is 1. The van der Waals surface area contributed by atoms with E-state index in [9.17, 15) is 18.0 Å². The zero-order chi connectivity index (χ0) is 30.7. The van der Waals surface area contributed by atoms with Crippen LogP contribution >= 0.6 is 23.2 Å². The number of anilines is 1. The highest BCUT2D eigenvalue weighted by Crippen LogP contribution is 2.36. The number of nitrogens with zero attached hydrogens (tertiary/aromatic N) is 2. The van der Waals surface area contributed by atoms with Gasteiger partial charge in [0.15, 0.2) is 0 Å². The third-order valence-corrected chi connectivity index (χ3v) is 9.13. The normalized spacial score (nSPS) is 14.7. The van der Waals surface area contributed by atoms with Crippen LogP contribution in [0.15, 0.2) is 117 Å². The van der Waals surface area contributed by atoms with E-state index in [0.29, 0.717) is 33.0 Å². The molecule has 11 heteroatoms. The third-order valence-electron chi connectivity index (χ3n) is 6.82. The fourth-order valence-electron chi connectivity index (χ4n) is 4.71. The van der Waals surface area contributed by atoms with Gasteiger partial charge in [-0.25, -0.2) is 13.2 Å². The lowest BCUT2D eigenvalue weighted by molar-refractivity contribution is -0.137. The van der Waals surface area contributed by atoms with E-state index in [-0.39, 0.29) is 29.3 Å². The minimum Gasteiger partial charge on any atom is -0.465 e. The number of sulfonamides is 1. The van der Waals surface area contributed by atoms with Gasteiger partial charge >= 0.3 is 5.97 Å². The monoisotopic (exact) mass is 636 g/mol. The lowest BCUT2D eigenvalue weighted by atomic mass is 10.1. The Morgan fingerprint density at radius 3 is 2.16 bits per heavy atom. The first-order chi connectivity index (χ1) is 20.6. The van der Waals surface area contributed by atoms with Crippen molar-refractivity contribution < 1.29 is 27.2 Å². The molecule has 0 bridgehead atoms. The second-order valence-electron chi connectivity index (χ2n) is 9.64. The molecule has 8 nitrogen and oxygen atoms in total. The molecule has 3 aromatic carbocycles. The van der Waals surface area contributed by atoms with Gasteiger partial charge in [-0.1, -0.05) is 53.5 Å². The van der Waals surface area contributed by atoms with Crippen molar-refractivity contribution in [2.75, 3.05) is 12.0 Å². The van der Waals surface area contributed by atoms with E-state index in [2.05, 4.69) is 0 Å². The number of carbonyl (C=O) groups excluding carboxylic acids is 2. The van der Waals surface area contributed by atoms with E-state index in [4.69, 9.17) is 32.4 Å². The van der Waals surface area contributed by atoms with Crippen LogP contribution in [-0.4, -0.2) is 31.6 Å². The first-order valence-electron chi connectivity index (χ1n) is 13.1. The molecule has 5 rings (SSSR count). The summed E-state index contributed by atoms with van der Waals surface area (Å²) in [6.07, 6.45) is 1.51. The zero-order valence-corrected chi connectivity index (χ0v) is 25.5. The molecule has 0 saturated carbocycles. The van der Waals surface area contributed by atoms with Gasteiger partial charge in [-0.15, -0.1) is 0 Å². The molecule has 4 aromatic rings. The molecule has 0 amide bonds. The van der Waals surface area contributed by atoms with Crippen LogP contribution in [-0.2, 0) is 37.4 Å². The standard InChI is InChI=1S/C32H26Cl2N2O6S/c1-21-30(32(38)41-2)31(37)29(36(21)25-14-12-24(34)13-15-25)18-26-16-17-27(42-26)20-35(19-22-8-10-23(33)11-9-22)43(39,40)28-6-4-3-5-7-28/h3-18H,19-20H2,1-2H3/b29-18+. The van der Waals surface area contributed by atoms with Crippen LogP contribution in [0.3, 0.4) is 0 Å². The number of rotatable bonds is 9. The van der Waals surface area contributed by atoms with Crippen molar-refractivity contribution in [2.45, 2.75) is 24.9 Å². The Labute approximate surface area is 259 Å². The summed E-state index contributed by atoms with van der Waals surface area (Å²) < 4.78 is 39.5. The molecule has 2 heterocycles. The minimum absolute atomic E-state index is 0.0694. The van der Waals surface area contributed by atoms with Crippen molar-refractivity contribution in [3.63, 3.8) is 0 Å². The summed E-state index contributed by atoms with van der Waals surface area (Å²) in [5.41, 5.74) is 1.80. The van der Waals surface area contributed by atoms with Crippen LogP contribution < -0.4 is 4.90 Å². The molecule has 0 unspecified atom stereocenters. The third kappa shape index (κ3) is 6.45. The highest BCUT2D eigenvalue weighted by Gasteiger charge is 2.38. The molecule has 0 atom stereocenters. The Kier molecular flexibility index (Phi) is 8.89. The van der Waals surface area contributed by atoms with Gasteiger partial charge in [-0.05, 0) is 73.2 Å². The van der Waals surface area contributed by atoms with E-state index < -0.39 is 21.8 Å². The predicted octanol–water partition coefficient (Wildman–Crippen LogP) is 6.85. The van der Waals surface area contributed by atoms with Gasteiger partial charge in [-0.3, -0.25) is 4.79 Å². The molecule has 0 fully saturated rings. The zero-order valence-electron chi connectivity index (χ0n) is 23.2. The topological polar surface area (TPSA) is 97.1 Å². The SMILES string of the molecule is COC(=O)C1=C(C)N(c2ccc(Cl)cc2)/C(=C/c2ccc(CN(Cc3ccc(Cl)cc3)S(=O)(=O)c3ccccc3)o2)C1=O. The lowest BCUT2D eigenvalue weighted by Gasteiger charge is -2.22. The number of halogens is 2. The van der Waals surface area contributed by atoms with Gasteiger partial charge in [0, 0.05) is 34.1 Å². The Bertz CT molecular complexity index is 1830. The van der Waals surface area contributed by atoms with Gasteiger partial charge in [-0.2, -0.15) is 4.31 Å². The van der Waals surface area contributed by atoms with Crippen molar-refractivity contribution in [3.05, 3.63) is 135 Å². The van der Waals surface area contributed by atoms with Crippen molar-refractivity contribution in [1.82, 2.24) is 4.31 Å². The van der Waals surface area contributed by atoms with Crippen LogP contribution in [0, 0.1) is 0 Å². The Morgan fingerprint density at radius 2 is 1.53 bits per heavy atom. The first-order valence-corrected chi connectivity index (χ1v) is 15.3. The second-order valence-corrected chi connectivity index (χ2v) is 12.5. The number of carbonyl (C=O) groups is 2. The van der Waals surface area contributed by atoms with Crippen LogP contribution in [0.4, 0.5) is 5.69 Å². The van der Waals surface area contributed by atoms with E-state index in [1.54, 1.807) is 90.7 Å². The number of furan rings is 1. The van der Waals surface area contributed by atoms with Crippen molar-refractivity contribution in [3.8, 4) is 0 Å². The van der Waals surface area contributed by atoms with Crippen LogP contribution in [0.1, 0.15) is 24.0 Å². The summed E-state index contributed by atoms with van der Waals surface area (Å²) in [6, 6.07) is 25.2. The molecule has 0 saturated heterocycles. The summed E-state index contributed by atoms with van der Waals surface area (Å²) in [7, 11) is -2.70. The number of hydrogen-bond donors (Lipinski definition) is 0. The summed E-state index contributed by atoms with van der Waals surface area (Å²) in [4.78, 5) is 27.7. The first kappa shape index (κ1) is 30.3. The van der Waals surface area contributed by atoms with E-state index in [1.807, 2.05) is 0 Å². The van der Waals surface area contributed by atoms with Gasteiger partial charge in [0.1, 0.15) is 17.1 Å². The van der Waals surface area contributed by atoms with Gasteiger partial charge in [0.2, 0.25) is 15.8 Å². The molecule has 220 valence electrons. The van der Waals surface area contributed by atoms with E-state index in [1.165, 1.54) is 29.6 Å². The fourth-order valence-corrected chi connectivity index (χ4v) is 6.38. The molecule has 0 N–H and O–H groups in total.